The SMILES string of the molecule is CC[C@@H](NC(=O)c1cccc(OCc2ccccc2Cl)c1)c1ccc(C)cc1C. The largest absolute Gasteiger partial charge is 0.489 e. The van der Waals surface area contributed by atoms with Crippen molar-refractivity contribution in [1.29, 1.82) is 0 Å². The number of hydrogen-bond donors (Lipinski definition) is 1. The molecule has 0 radical (unpaired) electrons. The number of halogens is 1. The minimum absolute atomic E-state index is 0.0317. The van der Waals surface area contributed by atoms with Gasteiger partial charge < -0.3 is 10.1 Å². The van der Waals surface area contributed by atoms with Crippen molar-refractivity contribution in [1.82, 2.24) is 5.32 Å². The number of nitrogens with one attached hydrogen (secondary N) is 1. The van der Waals surface area contributed by atoms with Gasteiger partial charge in [-0.3, -0.25) is 4.79 Å². The quantitative estimate of drug-likeness (QED) is 0.491. The van der Waals surface area contributed by atoms with Crippen LogP contribution in [-0.4, -0.2) is 5.91 Å². The lowest BCUT2D eigenvalue weighted by Gasteiger charge is -2.20. The van der Waals surface area contributed by atoms with Crippen LogP contribution in [0.4, 0.5) is 0 Å². The minimum Gasteiger partial charge on any atom is -0.489 e. The molecule has 0 aliphatic carbocycles. The van der Waals surface area contributed by atoms with Crippen LogP contribution in [0.2, 0.25) is 5.02 Å². The Hall–Kier alpha value is -2.78. The summed E-state index contributed by atoms with van der Waals surface area (Å²) in [5.41, 5.74) is 5.04. The molecule has 150 valence electrons. The van der Waals surface area contributed by atoms with Crippen LogP contribution in [-0.2, 0) is 6.61 Å². The third-order valence-corrected chi connectivity index (χ3v) is 5.33. The third-order valence-electron chi connectivity index (χ3n) is 4.96. The van der Waals surface area contributed by atoms with E-state index in [9.17, 15) is 4.79 Å². The highest BCUT2D eigenvalue weighted by atomic mass is 35.5. The van der Waals surface area contributed by atoms with Crippen LogP contribution in [0.1, 0.15) is 52.0 Å². The predicted octanol–water partition coefficient (Wildman–Crippen LogP) is 6.42. The van der Waals surface area contributed by atoms with Crippen LogP contribution in [0.25, 0.3) is 0 Å². The van der Waals surface area contributed by atoms with Gasteiger partial charge in [-0.05, 0) is 55.7 Å². The number of ether oxygens (including phenoxy) is 1. The molecule has 3 rings (SSSR count). The smallest absolute Gasteiger partial charge is 0.251 e. The van der Waals surface area contributed by atoms with Crippen molar-refractivity contribution in [3.8, 4) is 5.75 Å². The molecule has 0 aromatic heterocycles. The first-order valence-electron chi connectivity index (χ1n) is 9.82. The van der Waals surface area contributed by atoms with E-state index in [1.54, 1.807) is 12.1 Å². The first-order valence-corrected chi connectivity index (χ1v) is 10.2. The number of rotatable bonds is 7. The first-order chi connectivity index (χ1) is 14.0. The van der Waals surface area contributed by atoms with E-state index < -0.39 is 0 Å². The van der Waals surface area contributed by atoms with Crippen LogP contribution < -0.4 is 10.1 Å². The van der Waals surface area contributed by atoms with Gasteiger partial charge in [-0.1, -0.05) is 66.6 Å². The Morgan fingerprint density at radius 1 is 1.03 bits per heavy atom. The highest BCUT2D eigenvalue weighted by molar-refractivity contribution is 6.31. The van der Waals surface area contributed by atoms with Crippen molar-refractivity contribution in [2.24, 2.45) is 0 Å². The van der Waals surface area contributed by atoms with E-state index in [0.29, 0.717) is 22.9 Å². The van der Waals surface area contributed by atoms with Crippen LogP contribution in [0.15, 0.2) is 66.7 Å². The van der Waals surface area contributed by atoms with E-state index in [1.165, 1.54) is 11.1 Å². The zero-order valence-corrected chi connectivity index (χ0v) is 17.8. The fraction of sp³-hybridized carbons (Fsp3) is 0.240. The second-order valence-electron chi connectivity index (χ2n) is 7.20. The molecule has 0 saturated carbocycles. The van der Waals surface area contributed by atoms with Crippen LogP contribution in [0.5, 0.6) is 5.75 Å². The zero-order chi connectivity index (χ0) is 20.8. The summed E-state index contributed by atoms with van der Waals surface area (Å²) in [5.74, 6) is 0.525. The van der Waals surface area contributed by atoms with E-state index in [2.05, 4.69) is 44.3 Å². The van der Waals surface area contributed by atoms with Gasteiger partial charge in [-0.2, -0.15) is 0 Å². The molecule has 0 fully saturated rings. The second kappa shape index (κ2) is 9.62. The number of carbonyl (C=O) groups is 1. The average Bonchev–Trinajstić information content (AvgIpc) is 2.72. The number of carbonyl (C=O) groups excluding carboxylic acids is 1. The molecule has 0 aliphatic rings. The number of amides is 1. The molecule has 3 aromatic carbocycles. The van der Waals surface area contributed by atoms with E-state index >= 15 is 0 Å². The molecule has 0 spiro atoms. The number of benzene rings is 3. The van der Waals surface area contributed by atoms with Gasteiger partial charge in [0.25, 0.3) is 5.91 Å². The Bertz CT molecular complexity index is 1000. The molecule has 29 heavy (non-hydrogen) atoms. The molecule has 0 saturated heterocycles. The molecule has 1 atom stereocenters. The highest BCUT2D eigenvalue weighted by Crippen LogP contribution is 2.23. The normalized spacial score (nSPS) is 11.7. The molecule has 1 N–H and O–H groups in total. The Labute approximate surface area is 177 Å². The average molecular weight is 408 g/mol. The predicted molar refractivity (Wildman–Crippen MR) is 119 cm³/mol. The molecular weight excluding hydrogens is 382 g/mol. The van der Waals surface area contributed by atoms with E-state index in [0.717, 1.165) is 17.5 Å². The third kappa shape index (κ3) is 5.39. The van der Waals surface area contributed by atoms with Crippen LogP contribution >= 0.6 is 11.6 Å². The van der Waals surface area contributed by atoms with Crippen LogP contribution in [0.3, 0.4) is 0 Å². The molecule has 0 bridgehead atoms. The Morgan fingerprint density at radius 3 is 2.55 bits per heavy atom. The second-order valence-corrected chi connectivity index (χ2v) is 7.61. The van der Waals surface area contributed by atoms with Gasteiger partial charge in [-0.15, -0.1) is 0 Å². The van der Waals surface area contributed by atoms with E-state index in [1.807, 2.05) is 36.4 Å². The van der Waals surface area contributed by atoms with Crippen molar-refractivity contribution in [2.75, 3.05) is 0 Å². The zero-order valence-electron chi connectivity index (χ0n) is 17.0. The Balaban J connectivity index is 1.70. The van der Waals surface area contributed by atoms with Crippen molar-refractivity contribution >= 4 is 17.5 Å². The van der Waals surface area contributed by atoms with Crippen molar-refractivity contribution in [2.45, 2.75) is 39.8 Å². The summed E-state index contributed by atoms with van der Waals surface area (Å²) in [7, 11) is 0. The fourth-order valence-electron chi connectivity index (χ4n) is 3.36. The minimum atomic E-state index is -0.111. The number of hydrogen-bond acceptors (Lipinski definition) is 2. The molecule has 0 heterocycles. The van der Waals surface area contributed by atoms with Gasteiger partial charge in [0.05, 0.1) is 6.04 Å². The Morgan fingerprint density at radius 2 is 1.83 bits per heavy atom. The standard InChI is InChI=1S/C25H26ClNO2/c1-4-24(22-13-12-17(2)14-18(22)3)27-25(28)19-9-7-10-21(15-19)29-16-20-8-5-6-11-23(20)26/h5-15,24H,4,16H2,1-3H3,(H,27,28)/t24-/m1/s1. The van der Waals surface area contributed by atoms with Crippen LogP contribution in [0, 0.1) is 13.8 Å². The molecule has 3 nitrogen and oxygen atoms in total. The van der Waals surface area contributed by atoms with Crippen molar-refractivity contribution < 1.29 is 9.53 Å². The van der Waals surface area contributed by atoms with Crippen molar-refractivity contribution in [3.05, 3.63) is 99.6 Å². The lowest BCUT2D eigenvalue weighted by atomic mass is 9.97. The summed E-state index contributed by atoms with van der Waals surface area (Å²) < 4.78 is 5.85. The molecule has 0 unspecified atom stereocenters. The highest BCUT2D eigenvalue weighted by Gasteiger charge is 2.16. The van der Waals surface area contributed by atoms with E-state index in [-0.39, 0.29) is 11.9 Å². The Kier molecular flexibility index (Phi) is 6.95. The lowest BCUT2D eigenvalue weighted by Crippen LogP contribution is -2.28. The van der Waals surface area contributed by atoms with Gasteiger partial charge >= 0.3 is 0 Å². The van der Waals surface area contributed by atoms with E-state index in [4.69, 9.17) is 16.3 Å². The number of aryl methyl sites for hydroxylation is 2. The van der Waals surface area contributed by atoms with Gasteiger partial charge in [0.1, 0.15) is 12.4 Å². The topological polar surface area (TPSA) is 38.3 Å². The van der Waals surface area contributed by atoms with Gasteiger partial charge in [0.2, 0.25) is 0 Å². The molecule has 4 heteroatoms. The first kappa shape index (κ1) is 20.9. The summed E-state index contributed by atoms with van der Waals surface area (Å²) in [6, 6.07) is 21.1. The maximum Gasteiger partial charge on any atom is 0.251 e. The van der Waals surface area contributed by atoms with Crippen molar-refractivity contribution in [3.63, 3.8) is 0 Å². The maximum atomic E-state index is 12.9. The summed E-state index contributed by atoms with van der Waals surface area (Å²) in [6.45, 7) is 6.59. The molecule has 3 aromatic rings. The maximum absolute atomic E-state index is 12.9. The molecular formula is C25H26ClNO2. The monoisotopic (exact) mass is 407 g/mol. The molecule has 1 amide bonds. The van der Waals surface area contributed by atoms with Gasteiger partial charge in [0.15, 0.2) is 0 Å². The van der Waals surface area contributed by atoms with Gasteiger partial charge in [0, 0.05) is 16.1 Å². The lowest BCUT2D eigenvalue weighted by molar-refractivity contribution is 0.0935. The summed E-state index contributed by atoms with van der Waals surface area (Å²) in [4.78, 5) is 12.9. The molecule has 0 aliphatic heterocycles. The summed E-state index contributed by atoms with van der Waals surface area (Å²) >= 11 is 6.18. The fourth-order valence-corrected chi connectivity index (χ4v) is 3.55. The van der Waals surface area contributed by atoms with Gasteiger partial charge in [-0.25, -0.2) is 0 Å². The summed E-state index contributed by atoms with van der Waals surface area (Å²) in [5, 5.41) is 3.82. The summed E-state index contributed by atoms with van der Waals surface area (Å²) in [6.07, 6.45) is 0.818.